The molecule has 3 rings (SSSR count). The van der Waals surface area contributed by atoms with Crippen molar-refractivity contribution in [1.29, 1.82) is 0 Å². The maximum absolute atomic E-state index is 12.2. The molecule has 2 aromatic rings. The number of hydrogen-bond donors (Lipinski definition) is 2. The first kappa shape index (κ1) is 15.9. The lowest BCUT2D eigenvalue weighted by Gasteiger charge is -2.09. The zero-order valence-electron chi connectivity index (χ0n) is 13.2. The maximum atomic E-state index is 12.2. The molecule has 1 aliphatic carbocycles. The number of carbonyl (C=O) groups is 2. The van der Waals surface area contributed by atoms with E-state index >= 15 is 0 Å². The van der Waals surface area contributed by atoms with Crippen molar-refractivity contribution in [2.24, 2.45) is 11.0 Å². The summed E-state index contributed by atoms with van der Waals surface area (Å²) in [5.41, 5.74) is 4.68. The van der Waals surface area contributed by atoms with Crippen LogP contribution in [0.25, 0.3) is 0 Å². The van der Waals surface area contributed by atoms with E-state index in [0.717, 1.165) is 18.4 Å². The van der Waals surface area contributed by atoms with Gasteiger partial charge in [-0.1, -0.05) is 48.5 Å². The van der Waals surface area contributed by atoms with Gasteiger partial charge >= 0.3 is 0 Å². The Morgan fingerprint density at radius 1 is 0.917 bits per heavy atom. The van der Waals surface area contributed by atoms with Crippen molar-refractivity contribution in [3.63, 3.8) is 0 Å². The third-order valence-corrected chi connectivity index (χ3v) is 3.81. The summed E-state index contributed by atoms with van der Waals surface area (Å²) in [5.74, 6) is -0.143. The van der Waals surface area contributed by atoms with E-state index in [4.69, 9.17) is 0 Å². The van der Waals surface area contributed by atoms with Gasteiger partial charge in [-0.15, -0.1) is 0 Å². The van der Waals surface area contributed by atoms with Crippen LogP contribution in [-0.2, 0) is 4.79 Å². The first-order valence-electron chi connectivity index (χ1n) is 7.99. The normalized spacial score (nSPS) is 14.1. The highest BCUT2D eigenvalue weighted by molar-refractivity contribution is 6.05. The van der Waals surface area contributed by atoms with Crippen LogP contribution in [0.1, 0.15) is 28.8 Å². The molecule has 2 aromatic carbocycles. The van der Waals surface area contributed by atoms with Crippen LogP contribution in [0.2, 0.25) is 0 Å². The van der Waals surface area contributed by atoms with E-state index in [1.54, 1.807) is 12.1 Å². The summed E-state index contributed by atoms with van der Waals surface area (Å²) >= 11 is 0. The number of nitrogens with zero attached hydrogens (tertiary/aromatic N) is 1. The van der Waals surface area contributed by atoms with Crippen LogP contribution in [0, 0.1) is 5.92 Å². The largest absolute Gasteiger partial charge is 0.346 e. The average Bonchev–Trinajstić information content (AvgIpc) is 3.48. The minimum Gasteiger partial charge on any atom is -0.346 e. The molecule has 1 fully saturated rings. The molecule has 0 heterocycles. The summed E-state index contributed by atoms with van der Waals surface area (Å²) in [6.45, 7) is 0.239. The number of hydrazone groups is 1. The summed E-state index contributed by atoms with van der Waals surface area (Å²) in [4.78, 5) is 24.0. The lowest BCUT2D eigenvalue weighted by atomic mass is 10.1. The molecule has 2 amide bonds. The SMILES string of the molecule is O=C(NC/C(=N\NC(=O)C1CC1)c1ccccc1)c1ccccc1. The Balaban J connectivity index is 1.69. The number of benzene rings is 2. The fraction of sp³-hybridized carbons (Fsp3) is 0.211. The third-order valence-electron chi connectivity index (χ3n) is 3.81. The van der Waals surface area contributed by atoms with E-state index in [1.165, 1.54) is 0 Å². The minimum atomic E-state index is -0.173. The molecule has 5 heteroatoms. The molecule has 5 nitrogen and oxygen atoms in total. The topological polar surface area (TPSA) is 70.6 Å². The molecule has 0 aliphatic heterocycles. The second-order valence-electron chi connectivity index (χ2n) is 5.72. The highest BCUT2D eigenvalue weighted by Crippen LogP contribution is 2.28. The molecule has 0 atom stereocenters. The van der Waals surface area contributed by atoms with Crippen LogP contribution in [0.3, 0.4) is 0 Å². The molecule has 2 N–H and O–H groups in total. The average molecular weight is 321 g/mol. The minimum absolute atomic E-state index is 0.0576. The van der Waals surface area contributed by atoms with Crippen molar-refractivity contribution < 1.29 is 9.59 Å². The van der Waals surface area contributed by atoms with Crippen molar-refractivity contribution in [3.05, 3.63) is 71.8 Å². The Morgan fingerprint density at radius 2 is 1.50 bits per heavy atom. The number of hydrogen-bond acceptors (Lipinski definition) is 3. The maximum Gasteiger partial charge on any atom is 0.251 e. The zero-order valence-corrected chi connectivity index (χ0v) is 13.2. The van der Waals surface area contributed by atoms with Crippen molar-refractivity contribution in [1.82, 2.24) is 10.7 Å². The molecule has 0 spiro atoms. The molecule has 0 unspecified atom stereocenters. The Labute approximate surface area is 140 Å². The second-order valence-corrected chi connectivity index (χ2v) is 5.72. The van der Waals surface area contributed by atoms with Crippen molar-refractivity contribution in [3.8, 4) is 0 Å². The van der Waals surface area contributed by atoms with Crippen LogP contribution in [-0.4, -0.2) is 24.1 Å². The van der Waals surface area contributed by atoms with E-state index in [-0.39, 0.29) is 24.3 Å². The molecule has 0 aromatic heterocycles. The number of carbonyl (C=O) groups excluding carboxylic acids is 2. The third kappa shape index (κ3) is 4.29. The van der Waals surface area contributed by atoms with Gasteiger partial charge in [0.2, 0.25) is 5.91 Å². The lowest BCUT2D eigenvalue weighted by molar-refractivity contribution is -0.122. The molecule has 1 aliphatic rings. The van der Waals surface area contributed by atoms with Crippen LogP contribution in [0.15, 0.2) is 65.8 Å². The van der Waals surface area contributed by atoms with E-state index < -0.39 is 0 Å². The summed E-state index contributed by atoms with van der Waals surface area (Å²) in [7, 11) is 0. The standard InChI is InChI=1S/C19H19N3O2/c23-18(15-9-5-2-6-10-15)20-13-17(14-7-3-1-4-8-14)21-22-19(24)16-11-12-16/h1-10,16H,11-13H2,(H,20,23)(H,22,24)/b21-17+. The number of nitrogens with one attached hydrogen (secondary N) is 2. The molecule has 24 heavy (non-hydrogen) atoms. The summed E-state index contributed by atoms with van der Waals surface area (Å²) in [6, 6.07) is 18.5. The molecule has 1 saturated carbocycles. The molecule has 0 radical (unpaired) electrons. The van der Waals surface area contributed by atoms with Crippen LogP contribution < -0.4 is 10.7 Å². The summed E-state index contributed by atoms with van der Waals surface area (Å²) in [6.07, 6.45) is 1.85. The highest BCUT2D eigenvalue weighted by atomic mass is 16.2. The van der Waals surface area contributed by atoms with E-state index in [0.29, 0.717) is 11.3 Å². The monoisotopic (exact) mass is 321 g/mol. The van der Waals surface area contributed by atoms with Gasteiger partial charge in [0.25, 0.3) is 5.91 Å². The van der Waals surface area contributed by atoms with Gasteiger partial charge in [-0.25, -0.2) is 5.43 Å². The van der Waals surface area contributed by atoms with E-state index in [1.807, 2.05) is 48.5 Å². The molecule has 122 valence electrons. The Kier molecular flexibility index (Phi) is 5.01. The smallest absolute Gasteiger partial charge is 0.251 e. The van der Waals surface area contributed by atoms with Gasteiger partial charge in [0, 0.05) is 11.5 Å². The van der Waals surface area contributed by atoms with E-state index in [2.05, 4.69) is 15.8 Å². The zero-order chi connectivity index (χ0) is 16.8. The Bertz CT molecular complexity index is 738. The molecule has 0 bridgehead atoms. The van der Waals surface area contributed by atoms with Gasteiger partial charge in [0.05, 0.1) is 12.3 Å². The second kappa shape index (κ2) is 7.55. The first-order chi connectivity index (χ1) is 11.7. The Hall–Kier alpha value is -2.95. The molecular weight excluding hydrogens is 302 g/mol. The van der Waals surface area contributed by atoms with E-state index in [9.17, 15) is 9.59 Å². The summed E-state index contributed by atoms with van der Waals surface area (Å²) in [5, 5.41) is 7.07. The fourth-order valence-corrected chi connectivity index (χ4v) is 2.25. The van der Waals surface area contributed by atoms with Crippen LogP contribution >= 0.6 is 0 Å². The van der Waals surface area contributed by atoms with Crippen LogP contribution in [0.5, 0.6) is 0 Å². The molecular formula is C19H19N3O2. The number of amides is 2. The fourth-order valence-electron chi connectivity index (χ4n) is 2.25. The van der Waals surface area contributed by atoms with Crippen molar-refractivity contribution >= 4 is 17.5 Å². The highest BCUT2D eigenvalue weighted by Gasteiger charge is 2.29. The van der Waals surface area contributed by atoms with Gasteiger partial charge in [0.1, 0.15) is 0 Å². The van der Waals surface area contributed by atoms with Crippen molar-refractivity contribution in [2.45, 2.75) is 12.8 Å². The number of rotatable bonds is 6. The Morgan fingerprint density at radius 3 is 2.08 bits per heavy atom. The van der Waals surface area contributed by atoms with Crippen molar-refractivity contribution in [2.75, 3.05) is 6.54 Å². The van der Waals surface area contributed by atoms with Gasteiger partial charge in [0.15, 0.2) is 0 Å². The lowest BCUT2D eigenvalue weighted by Crippen LogP contribution is -2.32. The first-order valence-corrected chi connectivity index (χ1v) is 7.99. The van der Waals surface area contributed by atoms with Gasteiger partial charge in [-0.2, -0.15) is 5.10 Å². The van der Waals surface area contributed by atoms with Crippen LogP contribution in [0.4, 0.5) is 0 Å². The predicted octanol–water partition coefficient (Wildman–Crippen LogP) is 2.35. The quantitative estimate of drug-likeness (QED) is 0.633. The van der Waals surface area contributed by atoms with Gasteiger partial charge in [-0.05, 0) is 30.5 Å². The predicted molar refractivity (Wildman–Crippen MR) is 92.6 cm³/mol. The van der Waals surface area contributed by atoms with Gasteiger partial charge < -0.3 is 5.32 Å². The summed E-state index contributed by atoms with van der Waals surface area (Å²) < 4.78 is 0. The van der Waals surface area contributed by atoms with Gasteiger partial charge in [-0.3, -0.25) is 9.59 Å². The molecule has 0 saturated heterocycles.